The van der Waals surface area contributed by atoms with Crippen LogP contribution < -0.4 is 5.32 Å². The number of rotatable bonds is 16. The molecule has 3 fully saturated rings. The number of nitrogens with one attached hydrogen (secondary N) is 1. The molecule has 2 aromatic rings. The molecule has 1 unspecified atom stereocenters. The highest BCUT2D eigenvalue weighted by molar-refractivity contribution is 9.09. The van der Waals surface area contributed by atoms with Crippen molar-refractivity contribution in [2.24, 2.45) is 11.8 Å². The van der Waals surface area contributed by atoms with Crippen LogP contribution in [-0.4, -0.2) is 87.5 Å². The van der Waals surface area contributed by atoms with Gasteiger partial charge < -0.3 is 29.7 Å². The molecule has 1 spiro atoms. The number of alkyl halides is 1. The van der Waals surface area contributed by atoms with Crippen LogP contribution in [0.3, 0.4) is 0 Å². The summed E-state index contributed by atoms with van der Waals surface area (Å²) < 4.78 is 12.2. The molecule has 10 nitrogen and oxygen atoms in total. The molecule has 3 saturated heterocycles. The third-order valence-corrected chi connectivity index (χ3v) is 10.1. The van der Waals surface area contributed by atoms with E-state index in [9.17, 15) is 24.3 Å². The summed E-state index contributed by atoms with van der Waals surface area (Å²) in [5.41, 5.74) is 0.412. The number of likely N-dealkylation sites (tertiary alicyclic amines) is 1. The van der Waals surface area contributed by atoms with Gasteiger partial charge >= 0.3 is 5.97 Å². The van der Waals surface area contributed by atoms with Gasteiger partial charge in [0.05, 0.1) is 24.0 Å². The number of aliphatic hydroxyl groups is 1. The molecule has 47 heavy (non-hydrogen) atoms. The summed E-state index contributed by atoms with van der Waals surface area (Å²) in [7, 11) is 0. The average molecular weight is 709 g/mol. The molecule has 3 amide bonds. The number of hydrogen-bond acceptors (Lipinski definition) is 7. The number of nitrogens with zero attached hydrogens (tertiary/aromatic N) is 2. The largest absolute Gasteiger partial charge is 0.463 e. The number of fused-ring (bicyclic) bond motifs is 1. The Kier molecular flexibility index (Phi) is 11.3. The Balaban J connectivity index is 1.45. The molecule has 0 aromatic heterocycles. The van der Waals surface area contributed by atoms with Crippen molar-refractivity contribution < 1.29 is 33.8 Å². The topological polar surface area (TPSA) is 125 Å². The molecule has 2 aromatic carbocycles. The van der Waals surface area contributed by atoms with Gasteiger partial charge in [0, 0.05) is 37.5 Å². The number of allylic oxidation sites excluding steroid dienone is 1. The summed E-state index contributed by atoms with van der Waals surface area (Å²) in [5, 5.41) is 12.7. The summed E-state index contributed by atoms with van der Waals surface area (Å²) in [4.78, 5) is 58.3. The number of aliphatic hydroxyl groups excluding tert-OH is 1. The number of amides is 3. The first kappa shape index (κ1) is 34.5. The molecular weight excluding hydrogens is 666 g/mol. The number of ether oxygens (including phenoxy) is 2. The van der Waals surface area contributed by atoms with Crippen LogP contribution >= 0.6 is 15.9 Å². The maximum atomic E-state index is 14.5. The average Bonchev–Trinajstić information content (AvgIpc) is 3.67. The van der Waals surface area contributed by atoms with Crippen LogP contribution in [0.15, 0.2) is 86.0 Å². The van der Waals surface area contributed by atoms with Crippen LogP contribution in [0.1, 0.15) is 42.9 Å². The van der Waals surface area contributed by atoms with Crippen LogP contribution in [0.4, 0.5) is 0 Å². The van der Waals surface area contributed by atoms with Crippen molar-refractivity contribution in [1.82, 2.24) is 15.1 Å². The van der Waals surface area contributed by atoms with Gasteiger partial charge in [0.1, 0.15) is 18.2 Å². The second-order valence-electron chi connectivity index (χ2n) is 12.2. The molecule has 0 radical (unpaired) electrons. The first-order chi connectivity index (χ1) is 22.7. The van der Waals surface area contributed by atoms with Gasteiger partial charge in [-0.2, -0.15) is 0 Å². The van der Waals surface area contributed by atoms with Gasteiger partial charge in [0.25, 0.3) is 0 Å². The highest BCUT2D eigenvalue weighted by atomic mass is 79.9. The van der Waals surface area contributed by atoms with E-state index >= 15 is 0 Å². The fraction of sp³-hybridized carbons (Fsp3) is 0.444. The van der Waals surface area contributed by atoms with Crippen molar-refractivity contribution >= 4 is 39.6 Å². The van der Waals surface area contributed by atoms with Gasteiger partial charge in [-0.1, -0.05) is 88.7 Å². The summed E-state index contributed by atoms with van der Waals surface area (Å²) >= 11 is 3.72. The normalized spacial score (nSPS) is 26.4. The number of hydrogen-bond donors (Lipinski definition) is 2. The second kappa shape index (κ2) is 15.4. The monoisotopic (exact) mass is 707 g/mol. The molecule has 7 atom stereocenters. The molecule has 2 bridgehead atoms. The van der Waals surface area contributed by atoms with E-state index in [0.29, 0.717) is 19.4 Å². The van der Waals surface area contributed by atoms with Crippen molar-refractivity contribution in [2.75, 3.05) is 26.3 Å². The summed E-state index contributed by atoms with van der Waals surface area (Å²) in [5.74, 6) is -3.28. The lowest BCUT2D eigenvalue weighted by Gasteiger charge is -2.37. The van der Waals surface area contributed by atoms with Crippen LogP contribution in [0.2, 0.25) is 0 Å². The van der Waals surface area contributed by atoms with Gasteiger partial charge in [-0.3, -0.25) is 19.2 Å². The SMILES string of the molecule is C=CCCC(=O)OC[C@H](NC(=O)[C@H]1[C@@H]2O[C@@]3(CC2Br)[C@@H]1C(=O)N(CCCO)[C@@H]3C(=O)N(CC=C)Cc1ccccc1)c1ccccc1. The first-order valence-electron chi connectivity index (χ1n) is 16.0. The minimum Gasteiger partial charge on any atom is -0.463 e. The number of carbonyl (C=O) groups excluding carboxylic acids is 4. The van der Waals surface area contributed by atoms with Crippen molar-refractivity contribution in [2.45, 2.75) is 60.8 Å². The Morgan fingerprint density at radius 3 is 2.49 bits per heavy atom. The fourth-order valence-electron chi connectivity index (χ4n) is 7.20. The zero-order valence-corrected chi connectivity index (χ0v) is 27.9. The predicted molar refractivity (Wildman–Crippen MR) is 179 cm³/mol. The first-order valence-corrected chi connectivity index (χ1v) is 17.0. The van der Waals surface area contributed by atoms with Crippen LogP contribution in [0.5, 0.6) is 0 Å². The van der Waals surface area contributed by atoms with Gasteiger partial charge in [-0.05, 0) is 30.4 Å². The zero-order chi connectivity index (χ0) is 33.6. The van der Waals surface area contributed by atoms with Gasteiger partial charge in [0.15, 0.2) is 0 Å². The zero-order valence-electron chi connectivity index (χ0n) is 26.3. The third kappa shape index (κ3) is 7.07. The molecule has 11 heteroatoms. The summed E-state index contributed by atoms with van der Waals surface area (Å²) in [6, 6.07) is 17.1. The molecule has 250 valence electrons. The van der Waals surface area contributed by atoms with Gasteiger partial charge in [0.2, 0.25) is 17.7 Å². The minimum absolute atomic E-state index is 0.0921. The van der Waals surface area contributed by atoms with E-state index in [1.165, 1.54) is 4.90 Å². The molecular formula is C36H42BrN3O7. The maximum Gasteiger partial charge on any atom is 0.306 e. The van der Waals surface area contributed by atoms with Crippen molar-refractivity contribution in [3.63, 3.8) is 0 Å². The quantitative estimate of drug-likeness (QED) is 0.155. The number of carbonyl (C=O) groups is 4. The van der Waals surface area contributed by atoms with E-state index in [2.05, 4.69) is 34.4 Å². The lowest BCUT2D eigenvalue weighted by Crippen LogP contribution is -2.57. The van der Waals surface area contributed by atoms with Crippen LogP contribution in [0.25, 0.3) is 0 Å². The van der Waals surface area contributed by atoms with E-state index in [1.807, 2.05) is 60.7 Å². The molecule has 5 rings (SSSR count). The van der Waals surface area contributed by atoms with Crippen molar-refractivity contribution in [3.05, 3.63) is 97.1 Å². The van der Waals surface area contributed by atoms with E-state index in [0.717, 1.165) is 11.1 Å². The van der Waals surface area contributed by atoms with E-state index < -0.39 is 47.5 Å². The number of esters is 1. The van der Waals surface area contributed by atoms with E-state index in [1.54, 1.807) is 17.1 Å². The Morgan fingerprint density at radius 1 is 1.13 bits per heavy atom. The summed E-state index contributed by atoms with van der Waals surface area (Å²) in [6.07, 6.45) is 3.90. The number of halogens is 1. The summed E-state index contributed by atoms with van der Waals surface area (Å²) in [6.45, 7) is 7.93. The molecule has 3 heterocycles. The van der Waals surface area contributed by atoms with Crippen molar-refractivity contribution in [3.8, 4) is 0 Å². The van der Waals surface area contributed by atoms with Crippen LogP contribution in [0, 0.1) is 11.8 Å². The van der Waals surface area contributed by atoms with Crippen LogP contribution in [-0.2, 0) is 35.2 Å². The molecule has 0 aliphatic carbocycles. The molecule has 3 aliphatic heterocycles. The highest BCUT2D eigenvalue weighted by Gasteiger charge is 2.76. The van der Waals surface area contributed by atoms with Gasteiger partial charge in [-0.15, -0.1) is 13.2 Å². The number of benzene rings is 2. The maximum absolute atomic E-state index is 14.5. The fourth-order valence-corrected chi connectivity index (χ4v) is 8.14. The molecule has 3 aliphatic rings. The molecule has 0 saturated carbocycles. The van der Waals surface area contributed by atoms with Gasteiger partial charge in [-0.25, -0.2) is 0 Å². The van der Waals surface area contributed by atoms with E-state index in [4.69, 9.17) is 9.47 Å². The Morgan fingerprint density at radius 2 is 1.83 bits per heavy atom. The van der Waals surface area contributed by atoms with E-state index in [-0.39, 0.29) is 55.8 Å². The Hall–Kier alpha value is -3.80. The smallest absolute Gasteiger partial charge is 0.306 e. The third-order valence-electron chi connectivity index (χ3n) is 9.24. The second-order valence-corrected chi connectivity index (χ2v) is 13.4. The predicted octanol–water partition coefficient (Wildman–Crippen LogP) is 3.70. The highest BCUT2D eigenvalue weighted by Crippen LogP contribution is 2.60. The lowest BCUT2D eigenvalue weighted by atomic mass is 9.70. The standard InChI is InChI=1S/C36H42BrN3O7/c1-3-5-17-28(42)46-23-27(25-15-10-7-11-16-25)38-33(43)29-30-34(44)40(19-12-20-41)32(36(30)21-26(37)31(29)47-36)35(45)39(18-4-2)22-24-13-8-6-9-14-24/h3-4,6-11,13-16,26-27,29-32,41H,1-2,5,12,17-23H2,(H,38,43)/t26?,27-,29+,30-,31+,32+,36-/m0/s1. The Labute approximate surface area is 283 Å². The lowest BCUT2D eigenvalue weighted by molar-refractivity contribution is -0.148. The minimum atomic E-state index is -1.25. The Bertz CT molecular complexity index is 1460. The molecule has 2 N–H and O–H groups in total. The van der Waals surface area contributed by atoms with Crippen molar-refractivity contribution in [1.29, 1.82) is 0 Å².